The summed E-state index contributed by atoms with van der Waals surface area (Å²) in [4.78, 5) is 10.3. The van der Waals surface area contributed by atoms with E-state index in [2.05, 4.69) is 4.74 Å². The van der Waals surface area contributed by atoms with E-state index < -0.39 is 6.09 Å². The van der Waals surface area contributed by atoms with Gasteiger partial charge in [0.15, 0.2) is 0 Å². The molecule has 0 aromatic rings. The summed E-state index contributed by atoms with van der Waals surface area (Å²) < 4.78 is 36.6. The molecule has 0 unspecified atom stereocenters. The van der Waals surface area contributed by atoms with Gasteiger partial charge in [-0.15, -0.1) is 0 Å². The summed E-state index contributed by atoms with van der Waals surface area (Å²) in [6.07, 6.45) is 0.797. The first-order valence-electron chi connectivity index (χ1n) is 9.36. The van der Waals surface area contributed by atoms with Gasteiger partial charge in [-0.3, -0.25) is 0 Å². The molecule has 4 N–H and O–H groups in total. The van der Waals surface area contributed by atoms with Crippen molar-refractivity contribution >= 4 is 6.09 Å². The number of hydrogen-bond donors (Lipinski definition) is 2. The number of nitrogens with two attached hydrogens (primary N) is 2. The van der Waals surface area contributed by atoms with Crippen LogP contribution in [0.3, 0.4) is 0 Å². The first-order valence-corrected chi connectivity index (χ1v) is 9.36. The molecule has 0 atom stereocenters. The van der Waals surface area contributed by atoms with Crippen LogP contribution in [0.25, 0.3) is 0 Å². The first kappa shape index (κ1) is 26.0. The molecule has 0 saturated heterocycles. The highest BCUT2D eigenvalue weighted by Gasteiger charge is 1.95. The van der Waals surface area contributed by atoms with Crippen molar-refractivity contribution in [2.75, 3.05) is 92.4 Å². The molecule has 27 heavy (non-hydrogen) atoms. The lowest BCUT2D eigenvalue weighted by molar-refractivity contribution is -0.0166. The molecule has 0 saturated carbocycles. The van der Waals surface area contributed by atoms with Crippen LogP contribution >= 0.6 is 0 Å². The van der Waals surface area contributed by atoms with Crippen molar-refractivity contribution in [3.8, 4) is 0 Å². The van der Waals surface area contributed by atoms with Crippen LogP contribution in [0.4, 0.5) is 4.79 Å². The molecule has 0 spiro atoms. The predicted octanol–water partition coefficient (Wildman–Crippen LogP) is -0.0798. The second kappa shape index (κ2) is 23.0. The van der Waals surface area contributed by atoms with Gasteiger partial charge < -0.3 is 44.6 Å². The number of carbonyl (C=O) groups excluding carboxylic acids is 1. The number of rotatable bonds is 22. The van der Waals surface area contributed by atoms with Crippen molar-refractivity contribution in [3.05, 3.63) is 0 Å². The molecule has 1 amide bonds. The van der Waals surface area contributed by atoms with Gasteiger partial charge in [0.2, 0.25) is 0 Å². The lowest BCUT2D eigenvalue weighted by Crippen LogP contribution is -2.15. The van der Waals surface area contributed by atoms with Crippen LogP contribution in [-0.2, 0) is 33.2 Å². The SMILES string of the molecule is NCCOCCOCCOCCOCCOCCOCCCCOC(N)=O. The van der Waals surface area contributed by atoms with Gasteiger partial charge in [-0.2, -0.15) is 0 Å². The monoisotopic (exact) mass is 396 g/mol. The largest absolute Gasteiger partial charge is 0.450 e. The van der Waals surface area contributed by atoms with E-state index in [1.54, 1.807) is 0 Å². The fourth-order valence-electron chi connectivity index (χ4n) is 1.76. The molecular weight excluding hydrogens is 360 g/mol. The molecule has 0 heterocycles. The molecule has 162 valence electrons. The van der Waals surface area contributed by atoms with E-state index >= 15 is 0 Å². The van der Waals surface area contributed by atoms with E-state index in [0.717, 1.165) is 12.8 Å². The number of primary amides is 1. The van der Waals surface area contributed by atoms with Crippen LogP contribution in [0.5, 0.6) is 0 Å². The Morgan fingerprint density at radius 2 is 0.852 bits per heavy atom. The molecule has 10 heteroatoms. The number of carbonyl (C=O) groups is 1. The number of amides is 1. The standard InChI is InChI=1S/C17H36N2O8/c18-3-6-22-8-10-24-12-14-26-16-15-25-13-11-23-9-7-21-4-1-2-5-27-17(19)20/h1-16,18H2,(H2,19,20). The minimum absolute atomic E-state index is 0.327. The van der Waals surface area contributed by atoms with Crippen molar-refractivity contribution in [1.29, 1.82) is 0 Å². The Morgan fingerprint density at radius 3 is 1.22 bits per heavy atom. The summed E-state index contributed by atoms with van der Waals surface area (Å²) in [6.45, 7) is 7.30. The zero-order chi connectivity index (χ0) is 19.8. The van der Waals surface area contributed by atoms with Gasteiger partial charge in [-0.1, -0.05) is 0 Å². The van der Waals surface area contributed by atoms with Gasteiger partial charge in [0, 0.05) is 13.2 Å². The van der Waals surface area contributed by atoms with Gasteiger partial charge in [0.1, 0.15) is 0 Å². The smallest absolute Gasteiger partial charge is 0.404 e. The van der Waals surface area contributed by atoms with Gasteiger partial charge in [0.25, 0.3) is 0 Å². The van der Waals surface area contributed by atoms with Crippen LogP contribution in [0.1, 0.15) is 12.8 Å². The number of hydrogen-bond acceptors (Lipinski definition) is 9. The molecule has 0 aliphatic rings. The first-order chi connectivity index (χ1) is 13.3. The lowest BCUT2D eigenvalue weighted by Gasteiger charge is -2.08. The summed E-state index contributed by atoms with van der Waals surface area (Å²) in [7, 11) is 0. The zero-order valence-electron chi connectivity index (χ0n) is 16.2. The van der Waals surface area contributed by atoms with Crippen molar-refractivity contribution in [3.63, 3.8) is 0 Å². The van der Waals surface area contributed by atoms with Gasteiger partial charge in [-0.05, 0) is 12.8 Å². The Morgan fingerprint density at radius 1 is 0.519 bits per heavy atom. The Kier molecular flexibility index (Phi) is 22.2. The molecular formula is C17H36N2O8. The van der Waals surface area contributed by atoms with Crippen molar-refractivity contribution < 1.29 is 38.0 Å². The van der Waals surface area contributed by atoms with E-state index in [4.69, 9.17) is 39.9 Å². The van der Waals surface area contributed by atoms with Gasteiger partial charge >= 0.3 is 6.09 Å². The third-order valence-electron chi connectivity index (χ3n) is 3.05. The summed E-state index contributed by atoms with van der Waals surface area (Å²) in [5, 5.41) is 0. The molecule has 0 fully saturated rings. The maximum Gasteiger partial charge on any atom is 0.404 e. The summed E-state index contributed by atoms with van der Waals surface area (Å²) >= 11 is 0. The van der Waals surface area contributed by atoms with Crippen LogP contribution in [0, 0.1) is 0 Å². The maximum absolute atomic E-state index is 10.3. The maximum atomic E-state index is 10.3. The Bertz CT molecular complexity index is 311. The summed E-state index contributed by atoms with van der Waals surface area (Å²) in [6, 6.07) is 0. The van der Waals surface area contributed by atoms with E-state index in [1.807, 2.05) is 0 Å². The zero-order valence-corrected chi connectivity index (χ0v) is 16.2. The highest BCUT2D eigenvalue weighted by molar-refractivity contribution is 5.64. The fourth-order valence-corrected chi connectivity index (χ4v) is 1.76. The minimum atomic E-state index is -0.743. The van der Waals surface area contributed by atoms with Crippen LogP contribution in [-0.4, -0.2) is 98.5 Å². The quantitative estimate of drug-likeness (QED) is 0.241. The Labute approximate surface area is 161 Å². The van der Waals surface area contributed by atoms with Crippen molar-refractivity contribution in [1.82, 2.24) is 0 Å². The fraction of sp³-hybridized carbons (Fsp3) is 0.941. The highest BCUT2D eigenvalue weighted by atomic mass is 16.6. The van der Waals surface area contributed by atoms with E-state index in [-0.39, 0.29) is 0 Å². The average molecular weight is 396 g/mol. The van der Waals surface area contributed by atoms with Crippen molar-refractivity contribution in [2.45, 2.75) is 12.8 Å². The van der Waals surface area contributed by atoms with Gasteiger partial charge in [0.05, 0.1) is 79.3 Å². The third kappa shape index (κ3) is 25.0. The Balaban J connectivity index is 2.98. The average Bonchev–Trinajstić information content (AvgIpc) is 2.65. The topological polar surface area (TPSA) is 134 Å². The van der Waals surface area contributed by atoms with E-state index in [1.165, 1.54) is 0 Å². The highest BCUT2D eigenvalue weighted by Crippen LogP contribution is 1.92. The minimum Gasteiger partial charge on any atom is -0.450 e. The van der Waals surface area contributed by atoms with Gasteiger partial charge in [-0.25, -0.2) is 4.79 Å². The molecule has 0 bridgehead atoms. The molecule has 10 nitrogen and oxygen atoms in total. The van der Waals surface area contributed by atoms with Crippen molar-refractivity contribution in [2.24, 2.45) is 11.5 Å². The molecule has 0 aliphatic carbocycles. The van der Waals surface area contributed by atoms with Crippen LogP contribution in [0.15, 0.2) is 0 Å². The third-order valence-corrected chi connectivity index (χ3v) is 3.05. The molecule has 0 radical (unpaired) electrons. The van der Waals surface area contributed by atoms with Crippen LogP contribution < -0.4 is 11.5 Å². The predicted molar refractivity (Wildman–Crippen MR) is 98.7 cm³/mol. The normalized spacial score (nSPS) is 11.0. The molecule has 0 aromatic carbocycles. The van der Waals surface area contributed by atoms with E-state index in [0.29, 0.717) is 92.4 Å². The van der Waals surface area contributed by atoms with E-state index in [9.17, 15) is 4.79 Å². The molecule has 0 aliphatic heterocycles. The van der Waals surface area contributed by atoms with Crippen LogP contribution in [0.2, 0.25) is 0 Å². The number of ether oxygens (including phenoxy) is 7. The second-order valence-corrected chi connectivity index (χ2v) is 5.34. The number of unbranched alkanes of at least 4 members (excludes halogenated alkanes) is 1. The lowest BCUT2D eigenvalue weighted by atomic mass is 10.3. The second-order valence-electron chi connectivity index (χ2n) is 5.34. The summed E-state index contributed by atoms with van der Waals surface area (Å²) in [5.41, 5.74) is 10.1. The Hall–Kier alpha value is -1.01. The summed E-state index contributed by atoms with van der Waals surface area (Å²) in [5.74, 6) is 0. The molecule has 0 rings (SSSR count). The molecule has 0 aromatic heterocycles.